The SMILES string of the molecule is CC#CC(=O)Nc1cc(C)c(C)c(C(=O)OC)c1. The lowest BCUT2D eigenvalue weighted by atomic mass is 10.0. The highest BCUT2D eigenvalue weighted by Crippen LogP contribution is 2.20. The number of carbonyl (C=O) groups is 2. The molecule has 0 heterocycles. The summed E-state index contributed by atoms with van der Waals surface area (Å²) in [5.41, 5.74) is 2.71. The van der Waals surface area contributed by atoms with Crippen molar-refractivity contribution in [1.29, 1.82) is 0 Å². The number of carbonyl (C=O) groups excluding carboxylic acids is 2. The van der Waals surface area contributed by atoms with Crippen molar-refractivity contribution < 1.29 is 14.3 Å². The second-order valence-corrected chi connectivity index (χ2v) is 3.79. The van der Waals surface area contributed by atoms with Crippen LogP contribution in [0.2, 0.25) is 0 Å². The van der Waals surface area contributed by atoms with Gasteiger partial charge in [0.25, 0.3) is 5.91 Å². The van der Waals surface area contributed by atoms with Crippen molar-refractivity contribution in [2.75, 3.05) is 12.4 Å². The highest BCUT2D eigenvalue weighted by Gasteiger charge is 2.13. The van der Waals surface area contributed by atoms with E-state index in [9.17, 15) is 9.59 Å². The van der Waals surface area contributed by atoms with Crippen LogP contribution in [0.4, 0.5) is 5.69 Å². The Kier molecular flexibility index (Phi) is 4.50. The fourth-order valence-corrected chi connectivity index (χ4v) is 1.53. The van der Waals surface area contributed by atoms with Gasteiger partial charge in [0.05, 0.1) is 12.7 Å². The van der Waals surface area contributed by atoms with Gasteiger partial charge in [-0.3, -0.25) is 4.79 Å². The molecule has 18 heavy (non-hydrogen) atoms. The molecule has 4 nitrogen and oxygen atoms in total. The average molecular weight is 245 g/mol. The number of nitrogens with one attached hydrogen (secondary N) is 1. The summed E-state index contributed by atoms with van der Waals surface area (Å²) in [6, 6.07) is 3.38. The molecule has 0 fully saturated rings. The fraction of sp³-hybridized carbons (Fsp3) is 0.286. The quantitative estimate of drug-likeness (QED) is 0.641. The fourth-order valence-electron chi connectivity index (χ4n) is 1.53. The molecule has 1 rings (SSSR count). The van der Waals surface area contributed by atoms with Gasteiger partial charge in [0, 0.05) is 5.69 Å². The minimum Gasteiger partial charge on any atom is -0.465 e. The van der Waals surface area contributed by atoms with Crippen LogP contribution >= 0.6 is 0 Å². The molecule has 94 valence electrons. The molecule has 0 bridgehead atoms. The molecule has 1 aromatic rings. The second-order valence-electron chi connectivity index (χ2n) is 3.79. The number of rotatable bonds is 2. The van der Waals surface area contributed by atoms with E-state index in [4.69, 9.17) is 4.74 Å². The Hall–Kier alpha value is -2.28. The van der Waals surface area contributed by atoms with E-state index in [1.54, 1.807) is 19.1 Å². The lowest BCUT2D eigenvalue weighted by molar-refractivity contribution is -0.111. The molecule has 1 amide bonds. The summed E-state index contributed by atoms with van der Waals surface area (Å²) in [5, 5.41) is 2.61. The van der Waals surface area contributed by atoms with Crippen LogP contribution in [-0.4, -0.2) is 19.0 Å². The minimum absolute atomic E-state index is 0.406. The van der Waals surface area contributed by atoms with Gasteiger partial charge in [-0.1, -0.05) is 5.92 Å². The molecule has 1 N–H and O–H groups in total. The number of amides is 1. The minimum atomic E-state index is -0.423. The maximum Gasteiger partial charge on any atom is 0.338 e. The molecule has 0 aromatic heterocycles. The van der Waals surface area contributed by atoms with Gasteiger partial charge in [0.2, 0.25) is 0 Å². The Morgan fingerprint density at radius 3 is 2.50 bits per heavy atom. The number of ether oxygens (including phenoxy) is 1. The van der Waals surface area contributed by atoms with Gasteiger partial charge >= 0.3 is 5.97 Å². The summed E-state index contributed by atoms with van der Waals surface area (Å²) in [6.07, 6.45) is 0. The molecule has 0 aliphatic rings. The molecule has 1 aromatic carbocycles. The smallest absolute Gasteiger partial charge is 0.338 e. The molecular weight excluding hydrogens is 230 g/mol. The van der Waals surface area contributed by atoms with Gasteiger partial charge in [-0.2, -0.15) is 0 Å². The van der Waals surface area contributed by atoms with Crippen LogP contribution in [0, 0.1) is 25.7 Å². The molecule has 0 aliphatic carbocycles. The molecular formula is C14H15NO3. The molecule has 0 aliphatic heterocycles. The molecule has 4 heteroatoms. The van der Waals surface area contributed by atoms with Crippen molar-refractivity contribution in [3.63, 3.8) is 0 Å². The summed E-state index contributed by atoms with van der Waals surface area (Å²) in [5.74, 6) is 4.05. The Morgan fingerprint density at radius 2 is 1.94 bits per heavy atom. The van der Waals surface area contributed by atoms with Crippen molar-refractivity contribution in [2.45, 2.75) is 20.8 Å². The van der Waals surface area contributed by atoms with Gasteiger partial charge in [-0.05, 0) is 50.0 Å². The first kappa shape index (κ1) is 13.8. The zero-order valence-corrected chi connectivity index (χ0v) is 10.9. The first-order valence-corrected chi connectivity index (χ1v) is 5.43. The van der Waals surface area contributed by atoms with E-state index >= 15 is 0 Å². The monoisotopic (exact) mass is 245 g/mol. The third-order valence-corrected chi connectivity index (χ3v) is 2.57. The first-order chi connectivity index (χ1) is 8.49. The van der Waals surface area contributed by atoms with Gasteiger partial charge in [-0.15, -0.1) is 0 Å². The third kappa shape index (κ3) is 3.11. The van der Waals surface area contributed by atoms with E-state index in [1.807, 2.05) is 13.8 Å². The average Bonchev–Trinajstić information content (AvgIpc) is 2.32. The predicted octanol–water partition coefficient (Wildman–Crippen LogP) is 2.05. The second kappa shape index (κ2) is 5.87. The van der Waals surface area contributed by atoms with E-state index in [2.05, 4.69) is 17.2 Å². The number of anilines is 1. The van der Waals surface area contributed by atoms with Crippen molar-refractivity contribution in [1.82, 2.24) is 0 Å². The van der Waals surface area contributed by atoms with Gasteiger partial charge < -0.3 is 10.1 Å². The molecule has 0 saturated carbocycles. The maximum atomic E-state index is 11.6. The number of methoxy groups -OCH3 is 1. The Morgan fingerprint density at radius 1 is 1.28 bits per heavy atom. The van der Waals surface area contributed by atoms with E-state index in [1.165, 1.54) is 7.11 Å². The highest BCUT2D eigenvalue weighted by atomic mass is 16.5. The Labute approximate surface area is 106 Å². The molecule has 0 spiro atoms. The van der Waals surface area contributed by atoms with Crippen LogP contribution in [0.5, 0.6) is 0 Å². The van der Waals surface area contributed by atoms with E-state index in [0.29, 0.717) is 11.3 Å². The summed E-state index contributed by atoms with van der Waals surface area (Å²) < 4.78 is 4.70. The molecule has 0 saturated heterocycles. The van der Waals surface area contributed by atoms with Gasteiger partial charge in [0.1, 0.15) is 0 Å². The third-order valence-electron chi connectivity index (χ3n) is 2.57. The first-order valence-electron chi connectivity index (χ1n) is 5.43. The lowest BCUT2D eigenvalue weighted by Crippen LogP contribution is -2.11. The number of benzene rings is 1. The molecule has 0 unspecified atom stereocenters. The molecule has 0 radical (unpaired) electrons. The lowest BCUT2D eigenvalue weighted by Gasteiger charge is -2.10. The van der Waals surface area contributed by atoms with E-state index in [0.717, 1.165) is 11.1 Å². The zero-order chi connectivity index (χ0) is 13.7. The van der Waals surface area contributed by atoms with E-state index < -0.39 is 11.9 Å². The summed E-state index contributed by atoms with van der Waals surface area (Å²) in [6.45, 7) is 5.28. The number of hydrogen-bond acceptors (Lipinski definition) is 3. The Balaban J connectivity index is 3.15. The molecule has 0 atom stereocenters. The van der Waals surface area contributed by atoms with Crippen LogP contribution in [0.15, 0.2) is 12.1 Å². The largest absolute Gasteiger partial charge is 0.465 e. The standard InChI is InChI=1S/C14H15NO3/c1-5-6-13(16)15-11-7-9(2)10(3)12(8-11)14(17)18-4/h7-8H,1-4H3,(H,15,16). The van der Waals surface area contributed by atoms with Crippen molar-refractivity contribution >= 4 is 17.6 Å². The predicted molar refractivity (Wildman–Crippen MR) is 69.3 cm³/mol. The normalized spacial score (nSPS) is 9.11. The van der Waals surface area contributed by atoms with Crippen LogP contribution < -0.4 is 5.32 Å². The summed E-state index contributed by atoms with van der Waals surface area (Å²) >= 11 is 0. The number of hydrogen-bond donors (Lipinski definition) is 1. The van der Waals surface area contributed by atoms with Crippen molar-refractivity contribution in [2.24, 2.45) is 0 Å². The van der Waals surface area contributed by atoms with Gasteiger partial charge in [-0.25, -0.2) is 4.79 Å². The van der Waals surface area contributed by atoms with Crippen LogP contribution in [0.1, 0.15) is 28.4 Å². The Bertz CT molecular complexity index is 550. The van der Waals surface area contributed by atoms with Crippen LogP contribution in [0.3, 0.4) is 0 Å². The number of esters is 1. The topological polar surface area (TPSA) is 55.4 Å². The van der Waals surface area contributed by atoms with Crippen LogP contribution in [-0.2, 0) is 9.53 Å². The van der Waals surface area contributed by atoms with Crippen molar-refractivity contribution in [3.05, 3.63) is 28.8 Å². The van der Waals surface area contributed by atoms with Crippen LogP contribution in [0.25, 0.3) is 0 Å². The maximum absolute atomic E-state index is 11.6. The highest BCUT2D eigenvalue weighted by molar-refractivity contribution is 6.04. The zero-order valence-electron chi connectivity index (χ0n) is 10.9. The van der Waals surface area contributed by atoms with E-state index in [-0.39, 0.29) is 0 Å². The van der Waals surface area contributed by atoms with Crippen molar-refractivity contribution in [3.8, 4) is 11.8 Å². The summed E-state index contributed by atoms with van der Waals surface area (Å²) in [4.78, 5) is 22.9. The summed E-state index contributed by atoms with van der Waals surface area (Å²) in [7, 11) is 1.32. The number of aryl methyl sites for hydroxylation is 1. The van der Waals surface area contributed by atoms with Gasteiger partial charge in [0.15, 0.2) is 0 Å².